The van der Waals surface area contributed by atoms with Gasteiger partial charge in [-0.2, -0.15) is 0 Å². The van der Waals surface area contributed by atoms with E-state index in [1.165, 1.54) is 14.0 Å². The smallest absolute Gasteiger partial charge is 0.310 e. The standard InChI is InChI=1S/C14H20N2O5/c1-9(17)12-5-4-11(16(12)2)6-13(18)15-7-10(8-21-3)14(19)20/h4-5,10H,6-8H2,1-3H3,(H,15,18)(H,19,20)/t10-/m0/s1. The molecule has 1 rings (SSSR count). The summed E-state index contributed by atoms with van der Waals surface area (Å²) in [7, 11) is 3.12. The Morgan fingerprint density at radius 2 is 2.05 bits per heavy atom. The summed E-state index contributed by atoms with van der Waals surface area (Å²) in [5, 5.41) is 11.5. The Morgan fingerprint density at radius 3 is 2.52 bits per heavy atom. The Balaban J connectivity index is 2.58. The fraction of sp³-hybridized carbons (Fsp3) is 0.500. The van der Waals surface area contributed by atoms with Gasteiger partial charge in [-0.15, -0.1) is 0 Å². The van der Waals surface area contributed by atoms with Gasteiger partial charge in [0.1, 0.15) is 0 Å². The number of amides is 1. The third-order valence-corrected chi connectivity index (χ3v) is 3.19. The van der Waals surface area contributed by atoms with Gasteiger partial charge in [-0.3, -0.25) is 14.4 Å². The van der Waals surface area contributed by atoms with Gasteiger partial charge in [-0.25, -0.2) is 0 Å². The van der Waals surface area contributed by atoms with Crippen LogP contribution >= 0.6 is 0 Å². The van der Waals surface area contributed by atoms with Crippen molar-refractivity contribution in [1.29, 1.82) is 0 Å². The number of methoxy groups -OCH3 is 1. The van der Waals surface area contributed by atoms with E-state index in [1.54, 1.807) is 23.7 Å². The van der Waals surface area contributed by atoms with Crippen molar-refractivity contribution < 1.29 is 24.2 Å². The van der Waals surface area contributed by atoms with Crippen molar-refractivity contribution in [2.45, 2.75) is 13.3 Å². The van der Waals surface area contributed by atoms with Gasteiger partial charge in [0.05, 0.1) is 24.6 Å². The lowest BCUT2D eigenvalue weighted by atomic mass is 10.1. The summed E-state index contributed by atoms with van der Waals surface area (Å²) in [6.07, 6.45) is 0.0864. The molecule has 0 aliphatic rings. The Bertz CT molecular complexity index is 535. The molecule has 1 amide bonds. The molecule has 0 bridgehead atoms. The number of carbonyl (C=O) groups is 3. The summed E-state index contributed by atoms with van der Waals surface area (Å²) in [5.41, 5.74) is 1.22. The molecule has 0 saturated carbocycles. The lowest BCUT2D eigenvalue weighted by Crippen LogP contribution is -2.36. The predicted octanol–water partition coefficient (Wildman–Crippen LogP) is 0.234. The summed E-state index contributed by atoms with van der Waals surface area (Å²) < 4.78 is 6.45. The number of aliphatic carboxylic acids is 1. The largest absolute Gasteiger partial charge is 0.481 e. The van der Waals surface area contributed by atoms with Gasteiger partial charge >= 0.3 is 5.97 Å². The summed E-state index contributed by atoms with van der Waals surface area (Å²) >= 11 is 0. The highest BCUT2D eigenvalue weighted by Gasteiger charge is 2.18. The second-order valence-electron chi connectivity index (χ2n) is 4.80. The number of carbonyl (C=O) groups excluding carboxylic acids is 2. The third-order valence-electron chi connectivity index (χ3n) is 3.19. The first kappa shape index (κ1) is 16.9. The van der Waals surface area contributed by atoms with E-state index in [-0.39, 0.29) is 31.3 Å². The van der Waals surface area contributed by atoms with Gasteiger partial charge in [-0.05, 0) is 12.1 Å². The SMILES string of the molecule is COC[C@H](CNC(=O)Cc1ccc(C(C)=O)n1C)C(=O)O. The summed E-state index contributed by atoms with van der Waals surface area (Å²) in [6.45, 7) is 1.50. The van der Waals surface area contributed by atoms with E-state index in [0.29, 0.717) is 11.4 Å². The third kappa shape index (κ3) is 4.71. The predicted molar refractivity (Wildman–Crippen MR) is 75.1 cm³/mol. The zero-order valence-corrected chi connectivity index (χ0v) is 12.4. The summed E-state index contributed by atoms with van der Waals surface area (Å²) in [6, 6.07) is 3.37. The van der Waals surface area contributed by atoms with E-state index in [0.717, 1.165) is 0 Å². The summed E-state index contributed by atoms with van der Waals surface area (Å²) in [4.78, 5) is 34.1. The number of nitrogens with one attached hydrogen (secondary N) is 1. The highest BCUT2D eigenvalue weighted by Crippen LogP contribution is 2.08. The molecule has 116 valence electrons. The summed E-state index contributed by atoms with van der Waals surface area (Å²) in [5.74, 6) is -2.17. The number of carboxylic acids is 1. The number of nitrogens with zero attached hydrogens (tertiary/aromatic N) is 1. The van der Waals surface area contributed by atoms with Gasteiger partial charge in [0.2, 0.25) is 5.91 Å². The average molecular weight is 296 g/mol. The van der Waals surface area contributed by atoms with Crippen molar-refractivity contribution in [1.82, 2.24) is 9.88 Å². The normalized spacial score (nSPS) is 12.0. The molecule has 1 heterocycles. The first-order valence-corrected chi connectivity index (χ1v) is 6.50. The molecule has 0 aromatic carbocycles. The average Bonchev–Trinajstić information content (AvgIpc) is 2.75. The number of hydrogen-bond donors (Lipinski definition) is 2. The highest BCUT2D eigenvalue weighted by molar-refractivity contribution is 5.93. The molecule has 7 nitrogen and oxygen atoms in total. The zero-order chi connectivity index (χ0) is 16.0. The Labute approximate surface area is 122 Å². The van der Waals surface area contributed by atoms with Crippen LogP contribution in [0.4, 0.5) is 0 Å². The Kier molecular flexibility index (Phi) is 6.10. The van der Waals surface area contributed by atoms with Gasteiger partial charge in [0, 0.05) is 33.3 Å². The van der Waals surface area contributed by atoms with Crippen LogP contribution in [0.15, 0.2) is 12.1 Å². The van der Waals surface area contributed by atoms with Crippen molar-refractivity contribution in [3.63, 3.8) is 0 Å². The van der Waals surface area contributed by atoms with Crippen molar-refractivity contribution in [2.24, 2.45) is 13.0 Å². The van der Waals surface area contributed by atoms with Crippen LogP contribution in [0.2, 0.25) is 0 Å². The fourth-order valence-electron chi connectivity index (χ4n) is 1.97. The molecule has 0 unspecified atom stereocenters. The Hall–Kier alpha value is -2.15. The second-order valence-corrected chi connectivity index (χ2v) is 4.80. The zero-order valence-electron chi connectivity index (χ0n) is 12.4. The molecule has 0 fully saturated rings. The molecular weight excluding hydrogens is 276 g/mol. The maximum atomic E-state index is 11.8. The molecule has 1 aromatic heterocycles. The molecule has 0 aliphatic heterocycles. The van der Waals surface area contributed by atoms with Gasteiger partial charge in [0.15, 0.2) is 5.78 Å². The fourth-order valence-corrected chi connectivity index (χ4v) is 1.97. The van der Waals surface area contributed by atoms with Crippen LogP contribution in [-0.2, 0) is 27.8 Å². The van der Waals surface area contributed by atoms with Gasteiger partial charge in [-0.1, -0.05) is 0 Å². The number of rotatable bonds is 8. The highest BCUT2D eigenvalue weighted by atomic mass is 16.5. The number of carboxylic acid groups (broad SMARTS) is 1. The van der Waals surface area contributed by atoms with Gasteiger partial charge < -0.3 is 19.7 Å². The van der Waals surface area contributed by atoms with Crippen LogP contribution < -0.4 is 5.32 Å². The van der Waals surface area contributed by atoms with Crippen molar-refractivity contribution in [3.05, 3.63) is 23.5 Å². The molecule has 21 heavy (non-hydrogen) atoms. The van der Waals surface area contributed by atoms with E-state index in [4.69, 9.17) is 9.84 Å². The Morgan fingerprint density at radius 1 is 1.38 bits per heavy atom. The number of ketones is 1. The molecule has 0 aliphatic carbocycles. The first-order chi connectivity index (χ1) is 9.86. The molecule has 1 aromatic rings. The quantitative estimate of drug-likeness (QED) is 0.669. The van der Waals surface area contributed by atoms with E-state index in [2.05, 4.69) is 5.32 Å². The maximum Gasteiger partial charge on any atom is 0.310 e. The van der Waals surface area contributed by atoms with Crippen LogP contribution in [0, 0.1) is 5.92 Å². The second kappa shape index (κ2) is 7.58. The molecule has 2 N–H and O–H groups in total. The molecule has 0 spiro atoms. The van der Waals surface area contributed by atoms with Crippen molar-refractivity contribution >= 4 is 17.7 Å². The minimum absolute atomic E-state index is 0.00595. The first-order valence-electron chi connectivity index (χ1n) is 6.50. The van der Waals surface area contributed by atoms with Crippen molar-refractivity contribution in [3.8, 4) is 0 Å². The lowest BCUT2D eigenvalue weighted by molar-refractivity contribution is -0.143. The number of ether oxygens (including phenoxy) is 1. The van der Waals surface area contributed by atoms with Crippen LogP contribution in [0.25, 0.3) is 0 Å². The molecule has 7 heteroatoms. The van der Waals surface area contributed by atoms with E-state index in [1.807, 2.05) is 0 Å². The van der Waals surface area contributed by atoms with E-state index in [9.17, 15) is 14.4 Å². The van der Waals surface area contributed by atoms with Crippen molar-refractivity contribution in [2.75, 3.05) is 20.3 Å². The minimum atomic E-state index is -1.02. The molecule has 0 radical (unpaired) electrons. The minimum Gasteiger partial charge on any atom is -0.481 e. The van der Waals surface area contributed by atoms with Crippen LogP contribution in [0.5, 0.6) is 0 Å². The molecule has 0 saturated heterocycles. The topological polar surface area (TPSA) is 97.6 Å². The van der Waals surface area contributed by atoms with E-state index >= 15 is 0 Å². The maximum absolute atomic E-state index is 11.8. The number of Topliss-reactive ketones (excluding diaryl/α,β-unsaturated/α-hetero) is 1. The number of hydrogen-bond acceptors (Lipinski definition) is 4. The van der Waals surface area contributed by atoms with Crippen LogP contribution in [-0.4, -0.2) is 47.6 Å². The molecular formula is C14H20N2O5. The van der Waals surface area contributed by atoms with Crippen LogP contribution in [0.3, 0.4) is 0 Å². The number of aromatic nitrogens is 1. The van der Waals surface area contributed by atoms with Crippen LogP contribution in [0.1, 0.15) is 23.1 Å². The monoisotopic (exact) mass is 296 g/mol. The van der Waals surface area contributed by atoms with Gasteiger partial charge in [0.25, 0.3) is 0 Å². The lowest BCUT2D eigenvalue weighted by Gasteiger charge is -2.12. The van der Waals surface area contributed by atoms with E-state index < -0.39 is 11.9 Å². The molecule has 1 atom stereocenters.